The number of hydrogen-bond acceptors (Lipinski definition) is 4. The van der Waals surface area contributed by atoms with Gasteiger partial charge in [0.25, 0.3) is 0 Å². The molecule has 0 bridgehead atoms. The minimum atomic E-state index is -0.658. The van der Waals surface area contributed by atoms with Crippen LogP contribution in [0, 0.1) is 5.82 Å². The van der Waals surface area contributed by atoms with Crippen LogP contribution in [0.25, 0.3) is 0 Å². The van der Waals surface area contributed by atoms with E-state index in [1.165, 1.54) is 25.3 Å². The molecule has 16 heavy (non-hydrogen) atoms. The van der Waals surface area contributed by atoms with Crippen LogP contribution < -0.4 is 21.7 Å². The number of nitrogens with one attached hydrogen (secondary N) is 1. The Morgan fingerprint density at radius 1 is 1.62 bits per heavy atom. The van der Waals surface area contributed by atoms with Crippen LogP contribution in [0.3, 0.4) is 0 Å². The second-order valence-electron chi connectivity index (χ2n) is 3.26. The Morgan fingerprint density at radius 2 is 2.31 bits per heavy atom. The molecule has 0 spiro atoms. The van der Waals surface area contributed by atoms with Crippen LogP contribution in [-0.2, 0) is 4.79 Å². The lowest BCUT2D eigenvalue weighted by Gasteiger charge is -2.14. The van der Waals surface area contributed by atoms with Gasteiger partial charge in [-0.3, -0.25) is 10.2 Å². The molecule has 0 saturated carbocycles. The van der Waals surface area contributed by atoms with Crippen LogP contribution in [0.2, 0.25) is 0 Å². The van der Waals surface area contributed by atoms with Crippen LogP contribution in [0.5, 0.6) is 5.75 Å². The lowest BCUT2D eigenvalue weighted by molar-refractivity contribution is -0.121. The molecule has 1 aromatic rings. The first-order valence-electron chi connectivity index (χ1n) is 4.67. The van der Waals surface area contributed by atoms with E-state index in [0.29, 0.717) is 11.3 Å². The first kappa shape index (κ1) is 12.4. The van der Waals surface area contributed by atoms with Crippen molar-refractivity contribution in [1.82, 2.24) is 5.43 Å². The van der Waals surface area contributed by atoms with Crippen LogP contribution in [-0.4, -0.2) is 13.0 Å². The van der Waals surface area contributed by atoms with Crippen LogP contribution in [0.4, 0.5) is 4.39 Å². The molecule has 1 aromatic carbocycles. The van der Waals surface area contributed by atoms with Gasteiger partial charge >= 0.3 is 0 Å². The molecule has 1 unspecified atom stereocenters. The van der Waals surface area contributed by atoms with E-state index < -0.39 is 17.8 Å². The summed E-state index contributed by atoms with van der Waals surface area (Å²) in [5.74, 6) is 4.53. The third kappa shape index (κ3) is 2.91. The monoisotopic (exact) mass is 227 g/mol. The number of hydrogen-bond donors (Lipinski definition) is 3. The number of nitrogens with two attached hydrogens (primary N) is 2. The largest absolute Gasteiger partial charge is 0.496 e. The molecule has 0 radical (unpaired) electrons. The van der Waals surface area contributed by atoms with Crippen molar-refractivity contribution in [2.45, 2.75) is 12.5 Å². The fourth-order valence-corrected chi connectivity index (χ4v) is 1.36. The molecule has 0 fully saturated rings. The molecule has 0 saturated heterocycles. The molecular formula is C10H14FN3O2. The number of carbonyl (C=O) groups excluding carboxylic acids is 1. The molecule has 0 aliphatic carbocycles. The van der Waals surface area contributed by atoms with E-state index in [1.54, 1.807) is 0 Å². The number of ether oxygens (including phenoxy) is 1. The maximum atomic E-state index is 13.0. The highest BCUT2D eigenvalue weighted by molar-refractivity contribution is 5.76. The molecule has 1 amide bonds. The van der Waals surface area contributed by atoms with Gasteiger partial charge in [0.2, 0.25) is 5.91 Å². The smallest absolute Gasteiger partial charge is 0.235 e. The normalized spacial score (nSPS) is 12.0. The summed E-state index contributed by atoms with van der Waals surface area (Å²) in [5, 5.41) is 0. The molecule has 1 rings (SSSR count). The Kier molecular flexibility index (Phi) is 4.21. The van der Waals surface area contributed by atoms with Gasteiger partial charge in [-0.2, -0.15) is 0 Å². The molecule has 0 aliphatic heterocycles. The highest BCUT2D eigenvalue weighted by Gasteiger charge is 2.16. The molecule has 0 aliphatic rings. The van der Waals surface area contributed by atoms with E-state index in [0.717, 1.165) is 0 Å². The summed E-state index contributed by atoms with van der Waals surface area (Å²) in [6.45, 7) is 0. The third-order valence-corrected chi connectivity index (χ3v) is 2.16. The third-order valence-electron chi connectivity index (χ3n) is 2.16. The summed E-state index contributed by atoms with van der Waals surface area (Å²) < 4.78 is 18.1. The summed E-state index contributed by atoms with van der Waals surface area (Å²) >= 11 is 0. The Hall–Kier alpha value is -1.66. The lowest BCUT2D eigenvalue weighted by Crippen LogP contribution is -2.32. The lowest BCUT2D eigenvalue weighted by atomic mass is 10.0. The van der Waals surface area contributed by atoms with E-state index in [2.05, 4.69) is 0 Å². The van der Waals surface area contributed by atoms with Gasteiger partial charge in [0.1, 0.15) is 11.6 Å². The number of methoxy groups -OCH3 is 1. The highest BCUT2D eigenvalue weighted by Crippen LogP contribution is 2.26. The molecule has 1 atom stereocenters. The molecule has 88 valence electrons. The van der Waals surface area contributed by atoms with Crippen LogP contribution in [0.1, 0.15) is 18.0 Å². The zero-order valence-corrected chi connectivity index (χ0v) is 8.87. The van der Waals surface area contributed by atoms with E-state index in [9.17, 15) is 9.18 Å². The topological polar surface area (TPSA) is 90.4 Å². The van der Waals surface area contributed by atoms with Crippen molar-refractivity contribution in [2.24, 2.45) is 11.6 Å². The van der Waals surface area contributed by atoms with Crippen LogP contribution in [0.15, 0.2) is 18.2 Å². The van der Waals surface area contributed by atoms with Gasteiger partial charge < -0.3 is 10.5 Å². The minimum absolute atomic E-state index is 0.0314. The highest BCUT2D eigenvalue weighted by atomic mass is 19.1. The van der Waals surface area contributed by atoms with Gasteiger partial charge in [0.05, 0.1) is 7.11 Å². The van der Waals surface area contributed by atoms with E-state index in [1.807, 2.05) is 5.43 Å². The van der Waals surface area contributed by atoms with Crippen molar-refractivity contribution in [3.05, 3.63) is 29.6 Å². The fraction of sp³-hybridized carbons (Fsp3) is 0.300. The SMILES string of the molecule is COc1ccc(F)cc1C(N)CC(=O)NN. The molecule has 5 N–H and O–H groups in total. The molecule has 5 nitrogen and oxygen atoms in total. The summed E-state index contributed by atoms with van der Waals surface area (Å²) in [5.41, 5.74) is 8.15. The van der Waals surface area contributed by atoms with Crippen molar-refractivity contribution in [3.63, 3.8) is 0 Å². The number of carbonyl (C=O) groups is 1. The summed E-state index contributed by atoms with van der Waals surface area (Å²) in [7, 11) is 1.45. The second kappa shape index (κ2) is 5.43. The summed E-state index contributed by atoms with van der Waals surface area (Å²) in [4.78, 5) is 11.0. The maximum Gasteiger partial charge on any atom is 0.235 e. The zero-order valence-electron chi connectivity index (χ0n) is 8.87. The second-order valence-corrected chi connectivity index (χ2v) is 3.26. The van der Waals surface area contributed by atoms with Gasteiger partial charge in [-0.15, -0.1) is 0 Å². The zero-order chi connectivity index (χ0) is 12.1. The van der Waals surface area contributed by atoms with Gasteiger partial charge in [0.15, 0.2) is 0 Å². The number of rotatable bonds is 4. The van der Waals surface area contributed by atoms with Crippen molar-refractivity contribution in [1.29, 1.82) is 0 Å². The van der Waals surface area contributed by atoms with E-state index in [-0.39, 0.29) is 6.42 Å². The van der Waals surface area contributed by atoms with Crippen molar-refractivity contribution >= 4 is 5.91 Å². The molecular weight excluding hydrogens is 213 g/mol. The van der Waals surface area contributed by atoms with Crippen LogP contribution >= 0.6 is 0 Å². The molecule has 6 heteroatoms. The predicted molar refractivity (Wildman–Crippen MR) is 56.8 cm³/mol. The maximum absolute atomic E-state index is 13.0. The van der Waals surface area contributed by atoms with Crippen molar-refractivity contribution in [2.75, 3.05) is 7.11 Å². The summed E-state index contributed by atoms with van der Waals surface area (Å²) in [6, 6.07) is 3.31. The van der Waals surface area contributed by atoms with E-state index in [4.69, 9.17) is 16.3 Å². The van der Waals surface area contributed by atoms with Gasteiger partial charge in [0, 0.05) is 18.0 Å². The Morgan fingerprint density at radius 3 is 2.88 bits per heavy atom. The minimum Gasteiger partial charge on any atom is -0.496 e. The quantitative estimate of drug-likeness (QED) is 0.390. The van der Waals surface area contributed by atoms with Gasteiger partial charge in [-0.25, -0.2) is 10.2 Å². The Labute approximate surface area is 92.5 Å². The number of halogens is 1. The van der Waals surface area contributed by atoms with E-state index >= 15 is 0 Å². The average molecular weight is 227 g/mol. The number of hydrazine groups is 1. The Balaban J connectivity index is 2.92. The van der Waals surface area contributed by atoms with Crippen molar-refractivity contribution in [3.8, 4) is 5.75 Å². The standard InChI is InChI=1S/C10H14FN3O2/c1-16-9-3-2-6(11)4-7(9)8(12)5-10(15)14-13/h2-4,8H,5,12-13H2,1H3,(H,14,15). The van der Waals surface area contributed by atoms with Gasteiger partial charge in [-0.05, 0) is 18.2 Å². The fourth-order valence-electron chi connectivity index (χ4n) is 1.36. The first-order chi connectivity index (χ1) is 7.58. The van der Waals surface area contributed by atoms with Gasteiger partial charge in [-0.1, -0.05) is 0 Å². The predicted octanol–water partition coefficient (Wildman–Crippen LogP) is 0.214. The van der Waals surface area contributed by atoms with Crippen molar-refractivity contribution < 1.29 is 13.9 Å². The Bertz CT molecular complexity index is 384. The first-order valence-corrected chi connectivity index (χ1v) is 4.67. The average Bonchev–Trinajstić information content (AvgIpc) is 2.28. The molecule has 0 aromatic heterocycles. The number of amides is 1. The number of benzene rings is 1. The molecule has 0 heterocycles. The summed E-state index contributed by atoms with van der Waals surface area (Å²) in [6.07, 6.45) is -0.0314.